The van der Waals surface area contributed by atoms with Crippen LogP contribution in [-0.2, 0) is 14.4 Å². The summed E-state index contributed by atoms with van der Waals surface area (Å²) in [5.41, 5.74) is 0. The number of carbonyl (C=O) groups excluding carboxylic acids is 1. The van der Waals surface area contributed by atoms with Gasteiger partial charge in [0.1, 0.15) is 0 Å². The molecule has 0 aromatic rings. The van der Waals surface area contributed by atoms with Gasteiger partial charge in [-0.05, 0) is 52.5 Å². The van der Waals surface area contributed by atoms with Gasteiger partial charge < -0.3 is 20.0 Å². The number of carbonyl (C=O) groups is 3. The van der Waals surface area contributed by atoms with E-state index in [4.69, 9.17) is 19.8 Å². The number of nitrogens with zero attached hydrogens (tertiary/aromatic N) is 2. The lowest BCUT2D eigenvalue weighted by Crippen LogP contribution is -2.48. The molecule has 2 aliphatic rings. The maximum Gasteiger partial charge on any atom is 0.414 e. The number of piperidine rings is 2. The van der Waals surface area contributed by atoms with E-state index in [0.29, 0.717) is 11.9 Å². The lowest BCUT2D eigenvalue weighted by Gasteiger charge is -2.37. The van der Waals surface area contributed by atoms with Crippen molar-refractivity contribution in [2.75, 3.05) is 26.2 Å². The number of hydrogen-bond acceptors (Lipinski definition) is 4. The standard InChI is InChI=1S/C14H26N2O.C2H2O4/c1-12(2)16-10-6-7-13(11-16)14(17)15-8-4-3-5-9-15;3-1(4)2(5)6/h12-13H,3-11H2,1-2H3;(H,3,4)(H,5,6). The van der Waals surface area contributed by atoms with Gasteiger partial charge in [0, 0.05) is 25.7 Å². The van der Waals surface area contributed by atoms with E-state index in [-0.39, 0.29) is 5.92 Å². The van der Waals surface area contributed by atoms with E-state index in [1.807, 2.05) is 0 Å². The number of hydrogen-bond donors (Lipinski definition) is 2. The van der Waals surface area contributed by atoms with Crippen LogP contribution in [0.15, 0.2) is 0 Å². The normalized spacial score (nSPS) is 22.2. The van der Waals surface area contributed by atoms with Gasteiger partial charge in [-0.15, -0.1) is 0 Å². The first kappa shape index (κ1) is 19.4. The van der Waals surface area contributed by atoms with Crippen LogP contribution in [0.4, 0.5) is 0 Å². The van der Waals surface area contributed by atoms with Crippen molar-refractivity contribution in [1.82, 2.24) is 9.80 Å². The van der Waals surface area contributed by atoms with Crippen molar-refractivity contribution in [2.45, 2.75) is 52.0 Å². The van der Waals surface area contributed by atoms with Crippen LogP contribution in [0.25, 0.3) is 0 Å². The molecule has 2 heterocycles. The number of carboxylic acids is 2. The average molecular weight is 328 g/mol. The fourth-order valence-corrected chi connectivity index (χ4v) is 3.05. The highest BCUT2D eigenvalue weighted by molar-refractivity contribution is 6.27. The molecule has 132 valence electrons. The second-order valence-electron chi connectivity index (χ2n) is 6.42. The molecular formula is C16H28N2O5. The SMILES string of the molecule is CC(C)N1CCCC(C(=O)N2CCCCC2)C1.O=C(O)C(=O)O. The molecule has 0 bridgehead atoms. The largest absolute Gasteiger partial charge is 0.473 e. The smallest absolute Gasteiger partial charge is 0.414 e. The van der Waals surface area contributed by atoms with Gasteiger partial charge in [0.2, 0.25) is 5.91 Å². The molecule has 7 nitrogen and oxygen atoms in total. The number of amides is 1. The Kier molecular flexibility index (Phi) is 8.02. The summed E-state index contributed by atoms with van der Waals surface area (Å²) in [5.74, 6) is -2.95. The second-order valence-corrected chi connectivity index (χ2v) is 6.42. The van der Waals surface area contributed by atoms with E-state index < -0.39 is 11.9 Å². The quantitative estimate of drug-likeness (QED) is 0.741. The third-order valence-corrected chi connectivity index (χ3v) is 4.38. The zero-order valence-corrected chi connectivity index (χ0v) is 14.0. The van der Waals surface area contributed by atoms with Gasteiger partial charge in [-0.1, -0.05) is 0 Å². The van der Waals surface area contributed by atoms with Crippen molar-refractivity contribution in [2.24, 2.45) is 5.92 Å². The lowest BCUT2D eigenvalue weighted by atomic mass is 9.94. The highest BCUT2D eigenvalue weighted by Gasteiger charge is 2.30. The zero-order chi connectivity index (χ0) is 17.4. The van der Waals surface area contributed by atoms with Crippen LogP contribution in [0.5, 0.6) is 0 Å². The maximum atomic E-state index is 12.4. The van der Waals surface area contributed by atoms with Gasteiger partial charge in [0.05, 0.1) is 5.92 Å². The van der Waals surface area contributed by atoms with Crippen molar-refractivity contribution >= 4 is 17.8 Å². The second kappa shape index (κ2) is 9.50. The summed E-state index contributed by atoms with van der Waals surface area (Å²) in [6.07, 6.45) is 5.98. The molecule has 7 heteroatoms. The summed E-state index contributed by atoms with van der Waals surface area (Å²) >= 11 is 0. The minimum atomic E-state index is -1.82. The molecule has 0 radical (unpaired) electrons. The van der Waals surface area contributed by atoms with Crippen LogP contribution >= 0.6 is 0 Å². The molecule has 23 heavy (non-hydrogen) atoms. The Morgan fingerprint density at radius 2 is 1.48 bits per heavy atom. The molecule has 1 unspecified atom stereocenters. The fraction of sp³-hybridized carbons (Fsp3) is 0.812. The summed E-state index contributed by atoms with van der Waals surface area (Å²) in [4.78, 5) is 35.2. The van der Waals surface area contributed by atoms with E-state index in [1.165, 1.54) is 32.2 Å². The van der Waals surface area contributed by atoms with Gasteiger partial charge in [0.25, 0.3) is 0 Å². The van der Waals surface area contributed by atoms with Gasteiger partial charge in [-0.3, -0.25) is 4.79 Å². The molecule has 0 aromatic heterocycles. The monoisotopic (exact) mass is 328 g/mol. The van der Waals surface area contributed by atoms with E-state index in [2.05, 4.69) is 23.6 Å². The van der Waals surface area contributed by atoms with Gasteiger partial charge in [0.15, 0.2) is 0 Å². The van der Waals surface area contributed by atoms with Crippen molar-refractivity contribution in [3.8, 4) is 0 Å². The van der Waals surface area contributed by atoms with Crippen molar-refractivity contribution < 1.29 is 24.6 Å². The van der Waals surface area contributed by atoms with Crippen LogP contribution in [0.3, 0.4) is 0 Å². The third-order valence-electron chi connectivity index (χ3n) is 4.38. The molecule has 0 saturated carbocycles. The average Bonchev–Trinajstić information content (AvgIpc) is 2.55. The number of aliphatic carboxylic acids is 2. The topological polar surface area (TPSA) is 98.2 Å². The first-order chi connectivity index (χ1) is 10.8. The van der Waals surface area contributed by atoms with Crippen LogP contribution < -0.4 is 0 Å². The van der Waals surface area contributed by atoms with E-state index in [0.717, 1.165) is 26.1 Å². The number of likely N-dealkylation sites (tertiary alicyclic amines) is 2. The highest BCUT2D eigenvalue weighted by Crippen LogP contribution is 2.22. The molecule has 2 rings (SSSR count). The Balaban J connectivity index is 0.000000379. The van der Waals surface area contributed by atoms with Gasteiger partial charge in [-0.2, -0.15) is 0 Å². The predicted molar refractivity (Wildman–Crippen MR) is 85.1 cm³/mol. The van der Waals surface area contributed by atoms with E-state index >= 15 is 0 Å². The van der Waals surface area contributed by atoms with Crippen molar-refractivity contribution in [1.29, 1.82) is 0 Å². The van der Waals surface area contributed by atoms with Gasteiger partial charge in [-0.25, -0.2) is 9.59 Å². The number of rotatable bonds is 2. The highest BCUT2D eigenvalue weighted by atomic mass is 16.4. The fourth-order valence-electron chi connectivity index (χ4n) is 3.05. The molecule has 0 aromatic carbocycles. The number of carboxylic acid groups (broad SMARTS) is 2. The summed E-state index contributed by atoms with van der Waals surface area (Å²) < 4.78 is 0. The first-order valence-electron chi connectivity index (χ1n) is 8.32. The molecule has 2 fully saturated rings. The molecule has 2 saturated heterocycles. The Labute approximate surface area is 137 Å². The first-order valence-corrected chi connectivity index (χ1v) is 8.32. The Hall–Kier alpha value is -1.63. The van der Waals surface area contributed by atoms with Crippen LogP contribution in [0, 0.1) is 5.92 Å². The van der Waals surface area contributed by atoms with Crippen LogP contribution in [0.1, 0.15) is 46.0 Å². The Bertz CT molecular complexity index is 407. The third kappa shape index (κ3) is 6.56. The van der Waals surface area contributed by atoms with Gasteiger partial charge >= 0.3 is 11.9 Å². The molecular weight excluding hydrogens is 300 g/mol. The summed E-state index contributed by atoms with van der Waals surface area (Å²) in [5, 5.41) is 14.8. The maximum absolute atomic E-state index is 12.4. The minimum Gasteiger partial charge on any atom is -0.473 e. The predicted octanol–water partition coefficient (Wildman–Crippen LogP) is 1.27. The summed E-state index contributed by atoms with van der Waals surface area (Å²) in [6, 6.07) is 0.576. The lowest BCUT2D eigenvalue weighted by molar-refractivity contribution is -0.159. The molecule has 1 amide bonds. The summed E-state index contributed by atoms with van der Waals surface area (Å²) in [7, 11) is 0. The minimum absolute atomic E-state index is 0.268. The molecule has 2 N–H and O–H groups in total. The zero-order valence-electron chi connectivity index (χ0n) is 14.0. The molecule has 2 aliphatic heterocycles. The Morgan fingerprint density at radius 3 is 1.96 bits per heavy atom. The summed E-state index contributed by atoms with van der Waals surface area (Å²) in [6.45, 7) is 8.60. The molecule has 0 aliphatic carbocycles. The molecule has 1 atom stereocenters. The van der Waals surface area contributed by atoms with Crippen molar-refractivity contribution in [3.05, 3.63) is 0 Å². The van der Waals surface area contributed by atoms with Crippen LogP contribution in [0.2, 0.25) is 0 Å². The van der Waals surface area contributed by atoms with Crippen LogP contribution in [-0.4, -0.2) is 70.1 Å². The molecule has 0 spiro atoms. The van der Waals surface area contributed by atoms with Crippen molar-refractivity contribution in [3.63, 3.8) is 0 Å². The van der Waals surface area contributed by atoms with E-state index in [9.17, 15) is 4.79 Å². The van der Waals surface area contributed by atoms with E-state index in [1.54, 1.807) is 0 Å². The Morgan fingerprint density at radius 1 is 0.913 bits per heavy atom.